The average molecular weight is 677 g/mol. The molecule has 0 N–H and O–H groups in total. The summed E-state index contributed by atoms with van der Waals surface area (Å²) in [5.74, 6) is 0. The molecule has 0 saturated heterocycles. The minimum absolute atomic E-state index is 0.0268. The van der Waals surface area contributed by atoms with Gasteiger partial charge in [-0.25, -0.2) is 0 Å². The fraction of sp³-hybridized carbons (Fsp3) is 0.571. The van der Waals surface area contributed by atoms with Gasteiger partial charge in [-0.2, -0.15) is 0 Å². The summed E-state index contributed by atoms with van der Waals surface area (Å²) in [6.07, 6.45) is 2.00. The van der Waals surface area contributed by atoms with Crippen molar-refractivity contribution < 1.29 is 12.9 Å². The highest BCUT2D eigenvalue weighted by Crippen LogP contribution is 2.50. The molecule has 0 fully saturated rings. The second kappa shape index (κ2) is 13.3. The smallest absolute Gasteiger partial charge is 0.387 e. The van der Waals surface area contributed by atoms with Crippen LogP contribution in [0.5, 0.6) is 0 Å². The lowest BCUT2D eigenvalue weighted by Crippen LogP contribution is -2.23. The molecule has 0 spiro atoms. The van der Waals surface area contributed by atoms with E-state index < -0.39 is 8.24 Å². The second-order valence-electron chi connectivity index (χ2n) is 18.6. The van der Waals surface area contributed by atoms with Crippen molar-refractivity contribution >= 4 is 43.4 Å². The Hall–Kier alpha value is -2.05. The minimum atomic E-state index is -1.72. The molecule has 0 radical (unpaired) electrons. The third-order valence-corrected chi connectivity index (χ3v) is 13.5. The number of rotatable bonds is 6. The molecule has 4 rings (SSSR count). The molecule has 1 aromatic heterocycles. The highest BCUT2D eigenvalue weighted by atomic mass is 31.1. The first kappa shape index (κ1) is 37.8. The Kier molecular flexibility index (Phi) is 10.7. The summed E-state index contributed by atoms with van der Waals surface area (Å²) in [4.78, 5) is 0. The van der Waals surface area contributed by atoms with Crippen molar-refractivity contribution in [1.29, 1.82) is 0 Å². The summed E-state index contributed by atoms with van der Waals surface area (Å²) in [7, 11) is -2.09. The molecule has 4 aromatic rings. The lowest BCUT2D eigenvalue weighted by atomic mass is 9.77. The van der Waals surface area contributed by atoms with Crippen molar-refractivity contribution in [2.24, 2.45) is 0 Å². The Morgan fingerprint density at radius 1 is 0.617 bits per heavy atom. The van der Waals surface area contributed by atoms with Gasteiger partial charge in [0.15, 0.2) is 0 Å². The maximum atomic E-state index is 7.01. The minimum Gasteiger partial charge on any atom is -0.399 e. The van der Waals surface area contributed by atoms with Crippen LogP contribution in [0.15, 0.2) is 63.0 Å². The zero-order valence-corrected chi connectivity index (χ0v) is 34.1. The van der Waals surface area contributed by atoms with Crippen LogP contribution in [0.3, 0.4) is 0 Å². The van der Waals surface area contributed by atoms with Gasteiger partial charge in [-0.15, -0.1) is 0 Å². The topological polar surface area (TPSA) is 35.5 Å². The molecule has 47 heavy (non-hydrogen) atoms. The molecule has 1 unspecified atom stereocenters. The van der Waals surface area contributed by atoms with Crippen LogP contribution in [0.2, 0.25) is 0 Å². The number of hydrogen-bond donors (Lipinski definition) is 0. The number of benzene rings is 3. The van der Waals surface area contributed by atoms with Gasteiger partial charge in [0.1, 0.15) is 11.2 Å². The summed E-state index contributed by atoms with van der Waals surface area (Å²) in [6, 6.07) is 20.4. The van der Waals surface area contributed by atoms with Gasteiger partial charge in [0.2, 0.25) is 0 Å². The molecular weight excluding hydrogens is 614 g/mol. The van der Waals surface area contributed by atoms with Gasteiger partial charge in [0.05, 0.1) is 6.10 Å². The Morgan fingerprint density at radius 2 is 1.04 bits per heavy atom. The van der Waals surface area contributed by atoms with Crippen LogP contribution in [0.4, 0.5) is 0 Å². The third kappa shape index (κ3) is 8.95. The van der Waals surface area contributed by atoms with Crippen LogP contribution >= 0.6 is 16.2 Å². The molecular formula is C42H62O3P2. The van der Waals surface area contributed by atoms with Crippen LogP contribution in [-0.2, 0) is 21.7 Å². The predicted octanol–water partition coefficient (Wildman–Crippen LogP) is 13.3. The molecule has 2 atom stereocenters. The van der Waals surface area contributed by atoms with E-state index in [1.54, 1.807) is 0 Å². The molecule has 0 aliphatic carbocycles. The summed E-state index contributed by atoms with van der Waals surface area (Å²) >= 11 is 0. The molecule has 0 aliphatic heterocycles. The molecule has 1 heterocycles. The molecule has 5 heteroatoms. The zero-order chi connectivity index (χ0) is 35.3. The Bertz CT molecular complexity index is 1640. The van der Waals surface area contributed by atoms with Gasteiger partial charge in [0, 0.05) is 21.9 Å². The highest BCUT2D eigenvalue weighted by molar-refractivity contribution is 7.67. The van der Waals surface area contributed by atoms with Crippen molar-refractivity contribution in [2.75, 3.05) is 6.16 Å². The van der Waals surface area contributed by atoms with E-state index in [9.17, 15) is 0 Å². The molecule has 258 valence electrons. The monoisotopic (exact) mass is 676 g/mol. The van der Waals surface area contributed by atoms with Crippen molar-refractivity contribution in [3.8, 4) is 0 Å². The lowest BCUT2D eigenvalue weighted by molar-refractivity contribution is 0.273. The maximum Gasteiger partial charge on any atom is 0.387 e. The van der Waals surface area contributed by atoms with Gasteiger partial charge in [-0.05, 0) is 74.9 Å². The van der Waals surface area contributed by atoms with E-state index >= 15 is 0 Å². The molecule has 3 aromatic carbocycles. The SMILES string of the molecule is C[C@@H](CCP(c1ccccc1)C(C)(C)C)Op1oc2c(C(C)(C)C)cc(C(C)(C)C)cc2c2cc(C(C)(C)C)cc(C(C)(C)C)c2o1. The normalized spacial score (nSPS) is 14.9. The average Bonchev–Trinajstić information content (AvgIpc) is 3.06. The van der Waals surface area contributed by atoms with E-state index in [-0.39, 0.29) is 40.8 Å². The fourth-order valence-corrected chi connectivity index (χ4v) is 10.1. The van der Waals surface area contributed by atoms with E-state index in [0.717, 1.165) is 34.5 Å². The first-order valence-corrected chi connectivity index (χ1v) is 20.0. The number of hydrogen-bond acceptors (Lipinski definition) is 3. The summed E-state index contributed by atoms with van der Waals surface area (Å²) in [5, 5.41) is 3.87. The van der Waals surface area contributed by atoms with E-state index in [1.807, 2.05) is 0 Å². The van der Waals surface area contributed by atoms with Crippen molar-refractivity contribution in [3.63, 3.8) is 0 Å². The first-order chi connectivity index (χ1) is 21.4. The summed E-state index contributed by atoms with van der Waals surface area (Å²) < 4.78 is 20.9. The highest BCUT2D eigenvalue weighted by Gasteiger charge is 2.30. The molecule has 0 bridgehead atoms. The van der Waals surface area contributed by atoms with Crippen molar-refractivity contribution in [3.05, 3.63) is 76.9 Å². The van der Waals surface area contributed by atoms with Gasteiger partial charge in [-0.1, -0.05) is 154 Å². The first-order valence-electron chi connectivity index (χ1n) is 17.4. The van der Waals surface area contributed by atoms with Gasteiger partial charge in [-0.3, -0.25) is 4.52 Å². The van der Waals surface area contributed by atoms with Gasteiger partial charge < -0.3 is 8.39 Å². The predicted molar refractivity (Wildman–Crippen MR) is 209 cm³/mol. The molecule has 0 saturated carbocycles. The molecule has 3 nitrogen and oxygen atoms in total. The second-order valence-corrected chi connectivity index (χ2v) is 22.8. The summed E-state index contributed by atoms with van der Waals surface area (Å²) in [6.45, 7) is 36.7. The van der Waals surface area contributed by atoms with Crippen LogP contribution in [0.25, 0.3) is 21.9 Å². The Balaban J connectivity index is 2.00. The largest absolute Gasteiger partial charge is 0.399 e. The summed E-state index contributed by atoms with van der Waals surface area (Å²) in [5.41, 5.74) is 6.43. The van der Waals surface area contributed by atoms with Crippen molar-refractivity contribution in [2.45, 2.75) is 150 Å². The molecule has 0 amide bonds. The van der Waals surface area contributed by atoms with Crippen LogP contribution < -0.4 is 9.83 Å². The van der Waals surface area contributed by atoms with E-state index in [4.69, 9.17) is 12.9 Å². The van der Waals surface area contributed by atoms with Crippen LogP contribution in [0, 0.1) is 0 Å². The Morgan fingerprint density at radius 3 is 1.40 bits per heavy atom. The lowest BCUT2D eigenvalue weighted by Gasteiger charge is -2.32. The van der Waals surface area contributed by atoms with Gasteiger partial charge in [0.25, 0.3) is 0 Å². The quantitative estimate of drug-likeness (QED) is 0.191. The van der Waals surface area contributed by atoms with Gasteiger partial charge >= 0.3 is 8.24 Å². The van der Waals surface area contributed by atoms with Crippen LogP contribution in [0.1, 0.15) is 139 Å². The van der Waals surface area contributed by atoms with E-state index in [0.29, 0.717) is 0 Å². The molecule has 0 aliphatic rings. The third-order valence-electron chi connectivity index (χ3n) is 9.05. The fourth-order valence-electron chi connectivity index (χ4n) is 6.02. The van der Waals surface area contributed by atoms with Crippen molar-refractivity contribution in [1.82, 2.24) is 0 Å². The van der Waals surface area contributed by atoms with Crippen LogP contribution in [-0.4, -0.2) is 17.4 Å². The van der Waals surface area contributed by atoms with E-state index in [1.165, 1.54) is 27.6 Å². The number of fused-ring (bicyclic) bond motifs is 3. The standard InChI is InChI=1S/C42H62O3P2/c1-28(22-23-46(42(14,15)16)31-20-18-17-19-21-31)43-47-44-36-32(24-29(38(2,3)4)26-34(36)40(8,9)10)33-25-30(39(5,6)7)27-35(37(33)45-47)41(11,12)13/h17-21,24-28H,22-23H2,1-16H3/t28-,46?/m0/s1. The Labute approximate surface area is 288 Å². The maximum absolute atomic E-state index is 7.01. The van der Waals surface area contributed by atoms with E-state index in [2.05, 4.69) is 165 Å². The zero-order valence-electron chi connectivity index (χ0n) is 32.3.